The van der Waals surface area contributed by atoms with Crippen LogP contribution in [0.4, 0.5) is 0 Å². The molecule has 1 aromatic rings. The first-order valence-corrected chi connectivity index (χ1v) is 7.77. The molecular formula is C14H18BrClN2O. The van der Waals surface area contributed by atoms with Gasteiger partial charge in [0.15, 0.2) is 0 Å². The van der Waals surface area contributed by atoms with Crippen molar-refractivity contribution in [2.24, 2.45) is 0 Å². The maximum Gasteiger partial charge on any atom is 0.254 e. The summed E-state index contributed by atoms with van der Waals surface area (Å²) in [6, 6.07) is 5.65. The molecule has 1 saturated heterocycles. The molecule has 0 saturated carbocycles. The summed E-state index contributed by atoms with van der Waals surface area (Å²) in [6.45, 7) is 4.67. The van der Waals surface area contributed by atoms with Crippen molar-refractivity contribution < 1.29 is 4.79 Å². The summed E-state index contributed by atoms with van der Waals surface area (Å²) in [6.07, 6.45) is 2.19. The Kier molecular flexibility index (Phi) is 5.25. The van der Waals surface area contributed by atoms with Gasteiger partial charge in [0.1, 0.15) is 0 Å². The highest BCUT2D eigenvalue weighted by molar-refractivity contribution is 9.10. The third-order valence-electron chi connectivity index (χ3n) is 3.48. The van der Waals surface area contributed by atoms with Crippen molar-refractivity contribution >= 4 is 33.4 Å². The number of halogens is 2. The SMILES string of the molecule is CCN(C(=O)c1ccc(Br)c(Cl)c1)C1CCCNC1. The molecule has 1 aliphatic heterocycles. The van der Waals surface area contributed by atoms with Gasteiger partial charge in [0.2, 0.25) is 0 Å². The number of nitrogens with zero attached hydrogens (tertiary/aromatic N) is 1. The minimum atomic E-state index is 0.0607. The molecule has 1 aromatic carbocycles. The van der Waals surface area contributed by atoms with Crippen LogP contribution in [0.5, 0.6) is 0 Å². The van der Waals surface area contributed by atoms with Crippen LogP contribution >= 0.6 is 27.5 Å². The van der Waals surface area contributed by atoms with Gasteiger partial charge in [0, 0.05) is 29.2 Å². The van der Waals surface area contributed by atoms with Crippen LogP contribution in [0.25, 0.3) is 0 Å². The van der Waals surface area contributed by atoms with Crippen molar-refractivity contribution in [2.75, 3.05) is 19.6 Å². The predicted octanol–water partition coefficient (Wildman–Crippen LogP) is 3.32. The maximum atomic E-state index is 12.6. The van der Waals surface area contributed by atoms with E-state index in [9.17, 15) is 4.79 Å². The van der Waals surface area contributed by atoms with E-state index >= 15 is 0 Å². The Labute approximate surface area is 127 Å². The van der Waals surface area contributed by atoms with Gasteiger partial charge < -0.3 is 10.2 Å². The first-order chi connectivity index (χ1) is 9.13. The summed E-state index contributed by atoms with van der Waals surface area (Å²) in [5.41, 5.74) is 0.653. The van der Waals surface area contributed by atoms with Crippen molar-refractivity contribution in [2.45, 2.75) is 25.8 Å². The predicted molar refractivity (Wildman–Crippen MR) is 81.8 cm³/mol. The Morgan fingerprint density at radius 1 is 1.58 bits per heavy atom. The number of nitrogens with one attached hydrogen (secondary N) is 1. The highest BCUT2D eigenvalue weighted by Crippen LogP contribution is 2.24. The third-order valence-corrected chi connectivity index (χ3v) is 4.71. The lowest BCUT2D eigenvalue weighted by Crippen LogP contribution is -2.48. The number of hydrogen-bond acceptors (Lipinski definition) is 2. The first kappa shape index (κ1) is 14.8. The number of likely N-dealkylation sites (N-methyl/N-ethyl adjacent to an activating group) is 1. The quantitative estimate of drug-likeness (QED) is 0.911. The molecule has 1 N–H and O–H groups in total. The van der Waals surface area contributed by atoms with E-state index < -0.39 is 0 Å². The van der Waals surface area contributed by atoms with Crippen LogP contribution < -0.4 is 5.32 Å². The summed E-state index contributed by atoms with van der Waals surface area (Å²) in [7, 11) is 0. The number of hydrogen-bond donors (Lipinski definition) is 1. The number of carbonyl (C=O) groups is 1. The molecular weight excluding hydrogens is 328 g/mol. The van der Waals surface area contributed by atoms with Crippen LogP contribution in [-0.4, -0.2) is 36.5 Å². The zero-order chi connectivity index (χ0) is 13.8. The highest BCUT2D eigenvalue weighted by Gasteiger charge is 2.25. The van der Waals surface area contributed by atoms with Crippen LogP contribution in [0.3, 0.4) is 0 Å². The fourth-order valence-electron chi connectivity index (χ4n) is 2.46. The molecule has 1 atom stereocenters. The van der Waals surface area contributed by atoms with Crippen LogP contribution in [0.15, 0.2) is 22.7 Å². The zero-order valence-electron chi connectivity index (χ0n) is 11.0. The molecule has 0 radical (unpaired) electrons. The smallest absolute Gasteiger partial charge is 0.254 e. The van der Waals surface area contributed by atoms with Gasteiger partial charge in [0.05, 0.1) is 5.02 Å². The minimum absolute atomic E-state index is 0.0607. The molecule has 0 aromatic heterocycles. The number of rotatable bonds is 3. The molecule has 3 nitrogen and oxygen atoms in total. The topological polar surface area (TPSA) is 32.3 Å². The highest BCUT2D eigenvalue weighted by atomic mass is 79.9. The molecule has 1 heterocycles. The van der Waals surface area contributed by atoms with E-state index in [0.29, 0.717) is 10.6 Å². The molecule has 0 bridgehead atoms. The minimum Gasteiger partial charge on any atom is -0.335 e. The summed E-state index contributed by atoms with van der Waals surface area (Å²) < 4.78 is 0.813. The number of piperidine rings is 1. The lowest BCUT2D eigenvalue weighted by Gasteiger charge is -2.34. The average Bonchev–Trinajstić information content (AvgIpc) is 2.44. The Morgan fingerprint density at radius 2 is 2.37 bits per heavy atom. The van der Waals surface area contributed by atoms with Gasteiger partial charge in [-0.3, -0.25) is 4.79 Å². The van der Waals surface area contributed by atoms with E-state index in [1.165, 1.54) is 0 Å². The molecule has 2 rings (SSSR count). The van der Waals surface area contributed by atoms with E-state index in [4.69, 9.17) is 11.6 Å². The summed E-state index contributed by atoms with van der Waals surface area (Å²) >= 11 is 9.40. The normalized spacial score (nSPS) is 19.2. The molecule has 5 heteroatoms. The number of amides is 1. The van der Waals surface area contributed by atoms with Gasteiger partial charge >= 0.3 is 0 Å². The van der Waals surface area contributed by atoms with Gasteiger partial charge in [-0.15, -0.1) is 0 Å². The van der Waals surface area contributed by atoms with E-state index in [2.05, 4.69) is 21.2 Å². The van der Waals surface area contributed by atoms with Crippen molar-refractivity contribution in [1.82, 2.24) is 10.2 Å². The second-order valence-corrected chi connectivity index (χ2v) is 5.98. The van der Waals surface area contributed by atoms with E-state index in [0.717, 1.165) is 36.9 Å². The summed E-state index contributed by atoms with van der Waals surface area (Å²) in [5.74, 6) is 0.0607. The van der Waals surface area contributed by atoms with E-state index in [1.54, 1.807) is 6.07 Å². The maximum absolute atomic E-state index is 12.6. The summed E-state index contributed by atoms with van der Waals surface area (Å²) in [4.78, 5) is 14.5. The van der Waals surface area contributed by atoms with Gasteiger partial charge in [-0.1, -0.05) is 11.6 Å². The third kappa shape index (κ3) is 3.50. The summed E-state index contributed by atoms with van der Waals surface area (Å²) in [5, 5.41) is 3.92. The van der Waals surface area contributed by atoms with Crippen molar-refractivity contribution in [3.63, 3.8) is 0 Å². The second-order valence-electron chi connectivity index (χ2n) is 4.72. The van der Waals surface area contributed by atoms with Crippen molar-refractivity contribution in [3.8, 4) is 0 Å². The van der Waals surface area contributed by atoms with Gasteiger partial charge in [0.25, 0.3) is 5.91 Å². The molecule has 0 aliphatic carbocycles. The largest absolute Gasteiger partial charge is 0.335 e. The first-order valence-electron chi connectivity index (χ1n) is 6.60. The van der Waals surface area contributed by atoms with Gasteiger partial charge in [-0.25, -0.2) is 0 Å². The van der Waals surface area contributed by atoms with Crippen LogP contribution in [0, 0.1) is 0 Å². The zero-order valence-corrected chi connectivity index (χ0v) is 13.3. The van der Waals surface area contributed by atoms with Gasteiger partial charge in [-0.05, 0) is 60.4 Å². The number of carbonyl (C=O) groups excluding carboxylic acids is 1. The molecule has 1 fully saturated rings. The fraction of sp³-hybridized carbons (Fsp3) is 0.500. The second kappa shape index (κ2) is 6.73. The van der Waals surface area contributed by atoms with Crippen LogP contribution in [0.1, 0.15) is 30.1 Å². The Hall–Kier alpha value is -0.580. The number of benzene rings is 1. The van der Waals surface area contributed by atoms with E-state index in [-0.39, 0.29) is 11.9 Å². The monoisotopic (exact) mass is 344 g/mol. The molecule has 1 amide bonds. The van der Waals surface area contributed by atoms with Crippen LogP contribution in [0.2, 0.25) is 5.02 Å². The standard InChI is InChI=1S/C14H18BrClN2O/c1-2-18(11-4-3-7-17-9-11)14(19)10-5-6-12(15)13(16)8-10/h5-6,8,11,17H,2-4,7,9H2,1H3. The molecule has 1 aliphatic rings. The lowest BCUT2D eigenvalue weighted by molar-refractivity contribution is 0.0662. The van der Waals surface area contributed by atoms with Crippen molar-refractivity contribution in [3.05, 3.63) is 33.3 Å². The van der Waals surface area contributed by atoms with Crippen molar-refractivity contribution in [1.29, 1.82) is 0 Å². The fourth-order valence-corrected chi connectivity index (χ4v) is 2.89. The average molecular weight is 346 g/mol. The Morgan fingerprint density at radius 3 is 2.95 bits per heavy atom. The van der Waals surface area contributed by atoms with Crippen LogP contribution in [-0.2, 0) is 0 Å². The molecule has 0 spiro atoms. The van der Waals surface area contributed by atoms with Gasteiger partial charge in [-0.2, -0.15) is 0 Å². The lowest BCUT2D eigenvalue weighted by atomic mass is 10.0. The Bertz CT molecular complexity index is 461. The molecule has 1 unspecified atom stereocenters. The molecule has 19 heavy (non-hydrogen) atoms. The Balaban J connectivity index is 2.17. The molecule has 104 valence electrons. The van der Waals surface area contributed by atoms with E-state index in [1.807, 2.05) is 24.0 Å².